The third kappa shape index (κ3) is 6.48. The van der Waals surface area contributed by atoms with Crippen molar-refractivity contribution in [2.45, 2.75) is 40.5 Å². The molecule has 0 fully saturated rings. The first kappa shape index (κ1) is 41.0. The summed E-state index contributed by atoms with van der Waals surface area (Å²) in [6, 6.07) is 29.6. The molecule has 0 unspecified atom stereocenters. The summed E-state index contributed by atoms with van der Waals surface area (Å²) in [7, 11) is 0. The molecular formula is C58H36N4O4. The minimum absolute atomic E-state index is 0.0334. The maximum atomic E-state index is 14.4. The number of imide groups is 2. The fourth-order valence-corrected chi connectivity index (χ4v) is 9.62. The van der Waals surface area contributed by atoms with Gasteiger partial charge in [-0.3, -0.25) is 19.2 Å². The monoisotopic (exact) mass is 852 g/mol. The van der Waals surface area contributed by atoms with Gasteiger partial charge in [0, 0.05) is 22.3 Å². The van der Waals surface area contributed by atoms with Gasteiger partial charge < -0.3 is 0 Å². The lowest BCUT2D eigenvalue weighted by Gasteiger charge is -2.21. The third-order valence-corrected chi connectivity index (χ3v) is 12.6. The van der Waals surface area contributed by atoms with Crippen LogP contribution in [0.5, 0.6) is 0 Å². The molecule has 0 saturated heterocycles. The van der Waals surface area contributed by atoms with Gasteiger partial charge in [-0.05, 0) is 156 Å². The molecular weight excluding hydrogens is 817 g/mol. The minimum Gasteiger partial charge on any atom is -0.268 e. The van der Waals surface area contributed by atoms with Gasteiger partial charge in [0.25, 0.3) is 23.6 Å². The van der Waals surface area contributed by atoms with Gasteiger partial charge in [0.1, 0.15) is 0 Å². The highest BCUT2D eigenvalue weighted by atomic mass is 16.2. The predicted molar refractivity (Wildman–Crippen MR) is 256 cm³/mol. The number of nitrogens with zero attached hydrogens (tertiary/aromatic N) is 4. The molecule has 0 N–H and O–H groups in total. The van der Waals surface area contributed by atoms with Crippen molar-refractivity contribution < 1.29 is 19.2 Å². The number of aryl methyl sites for hydroxylation is 4. The smallest absolute Gasteiger partial charge is 0.267 e. The zero-order valence-electron chi connectivity index (χ0n) is 36.4. The molecule has 2 heterocycles. The number of carbonyl (C=O) groups excluding carboxylic acids is 4. The van der Waals surface area contributed by atoms with Gasteiger partial charge >= 0.3 is 0 Å². The number of nitriles is 2. The summed E-state index contributed by atoms with van der Waals surface area (Å²) in [4.78, 5) is 59.3. The van der Waals surface area contributed by atoms with Crippen molar-refractivity contribution in [3.8, 4) is 35.8 Å². The Morgan fingerprint density at radius 1 is 0.439 bits per heavy atom. The molecule has 0 radical (unpaired) electrons. The second-order valence-electron chi connectivity index (χ2n) is 16.7. The van der Waals surface area contributed by atoms with Crippen LogP contribution in [0.25, 0.3) is 21.9 Å². The van der Waals surface area contributed by atoms with Crippen LogP contribution < -0.4 is 9.80 Å². The van der Waals surface area contributed by atoms with Crippen molar-refractivity contribution in [1.82, 2.24) is 0 Å². The topological polar surface area (TPSA) is 122 Å². The third-order valence-electron chi connectivity index (χ3n) is 12.6. The lowest BCUT2D eigenvalue weighted by atomic mass is 9.96. The van der Waals surface area contributed by atoms with Crippen molar-refractivity contribution in [1.29, 1.82) is 10.5 Å². The Balaban J connectivity index is 0.995. The lowest BCUT2D eigenvalue weighted by molar-refractivity contribution is 0.0909. The Bertz CT molecular complexity index is 3370. The number of anilines is 2. The van der Waals surface area contributed by atoms with Crippen LogP contribution in [-0.2, 0) is 0 Å². The Kier molecular flexibility index (Phi) is 9.88. The number of carbonyl (C=O) groups is 4. The highest BCUT2D eigenvalue weighted by molar-refractivity contribution is 6.37. The largest absolute Gasteiger partial charge is 0.268 e. The van der Waals surface area contributed by atoms with Gasteiger partial charge in [0.2, 0.25) is 0 Å². The summed E-state index contributed by atoms with van der Waals surface area (Å²) in [5.41, 5.74) is 10.7. The fraction of sp³-hybridized carbons (Fsp3) is 0.103. The van der Waals surface area contributed by atoms with Crippen molar-refractivity contribution in [2.75, 3.05) is 9.80 Å². The molecule has 0 atom stereocenters. The first-order valence-electron chi connectivity index (χ1n) is 21.4. The van der Waals surface area contributed by atoms with Crippen LogP contribution in [0.3, 0.4) is 0 Å². The number of allylic oxidation sites excluding steroid dienone is 8. The maximum absolute atomic E-state index is 14.4. The SMILES string of the molecule is Cc1cc(C2=CC=CC2)cc(C)c1N1C(=O)c2c(C#N)ccc(C#Cc3ccc(C#Cc4ccc(C#N)c5c4C(=O)N(c4c(C)cc(C6=CC=CC6)cc4C)C5=O)c4ccccc34)c2C1=O. The molecule has 2 aliphatic carbocycles. The van der Waals surface area contributed by atoms with Gasteiger partial charge in [-0.25, -0.2) is 9.80 Å². The van der Waals surface area contributed by atoms with E-state index in [9.17, 15) is 29.7 Å². The Labute approximate surface area is 381 Å². The predicted octanol–water partition coefficient (Wildman–Crippen LogP) is 10.9. The van der Waals surface area contributed by atoms with Gasteiger partial charge in [-0.1, -0.05) is 84.4 Å². The molecule has 66 heavy (non-hydrogen) atoms. The molecule has 8 heteroatoms. The van der Waals surface area contributed by atoms with E-state index in [1.165, 1.54) is 21.9 Å². The molecule has 0 bridgehead atoms. The number of hydrogen-bond acceptors (Lipinski definition) is 6. The average molecular weight is 853 g/mol. The molecule has 312 valence electrons. The number of rotatable bonds is 4. The van der Waals surface area contributed by atoms with Gasteiger partial charge in [0.05, 0.1) is 56.9 Å². The summed E-state index contributed by atoms with van der Waals surface area (Å²) < 4.78 is 0. The Hall–Kier alpha value is -9.08. The zero-order valence-corrected chi connectivity index (χ0v) is 36.4. The number of hydrogen-bond donors (Lipinski definition) is 0. The maximum Gasteiger partial charge on any atom is 0.267 e. The van der Waals surface area contributed by atoms with E-state index in [4.69, 9.17) is 0 Å². The molecule has 6 aromatic carbocycles. The molecule has 4 amide bonds. The van der Waals surface area contributed by atoms with E-state index in [-0.39, 0.29) is 33.4 Å². The van der Waals surface area contributed by atoms with Crippen molar-refractivity contribution in [3.05, 3.63) is 210 Å². The molecule has 0 spiro atoms. The summed E-state index contributed by atoms with van der Waals surface area (Å²) in [6.45, 7) is 7.51. The first-order valence-corrected chi connectivity index (χ1v) is 21.4. The van der Waals surface area contributed by atoms with E-state index in [0.717, 1.165) is 68.1 Å². The Morgan fingerprint density at radius 2 is 0.758 bits per heavy atom. The van der Waals surface area contributed by atoms with Crippen LogP contribution in [0, 0.1) is 74.0 Å². The average Bonchev–Trinajstić information content (AvgIpc) is 4.15. The van der Waals surface area contributed by atoms with Crippen LogP contribution in [0.4, 0.5) is 11.4 Å². The highest BCUT2D eigenvalue weighted by Crippen LogP contribution is 2.40. The number of benzene rings is 6. The molecule has 0 aromatic heterocycles. The van der Waals surface area contributed by atoms with Crippen LogP contribution in [0.15, 0.2) is 121 Å². The molecule has 4 aliphatic rings. The molecule has 10 rings (SSSR count). The fourth-order valence-electron chi connectivity index (χ4n) is 9.62. The van der Waals surface area contributed by atoms with E-state index in [2.05, 4.69) is 60.1 Å². The van der Waals surface area contributed by atoms with Crippen molar-refractivity contribution >= 4 is 56.9 Å². The zero-order chi connectivity index (χ0) is 46.0. The quantitative estimate of drug-likeness (QED) is 0.129. The van der Waals surface area contributed by atoms with Crippen LogP contribution in [0.2, 0.25) is 0 Å². The summed E-state index contributed by atoms with van der Waals surface area (Å²) >= 11 is 0. The summed E-state index contributed by atoms with van der Waals surface area (Å²) in [5, 5.41) is 21.7. The van der Waals surface area contributed by atoms with E-state index in [1.807, 2.05) is 101 Å². The van der Waals surface area contributed by atoms with Crippen molar-refractivity contribution in [3.63, 3.8) is 0 Å². The van der Waals surface area contributed by atoms with Crippen molar-refractivity contribution in [2.24, 2.45) is 0 Å². The van der Waals surface area contributed by atoms with Gasteiger partial charge in [-0.2, -0.15) is 10.5 Å². The van der Waals surface area contributed by atoms with Crippen LogP contribution >= 0.6 is 0 Å². The van der Waals surface area contributed by atoms with E-state index in [1.54, 1.807) is 12.1 Å². The number of fused-ring (bicyclic) bond motifs is 3. The van der Waals surface area contributed by atoms with Crippen LogP contribution in [-0.4, -0.2) is 23.6 Å². The van der Waals surface area contributed by atoms with Gasteiger partial charge in [0.15, 0.2) is 0 Å². The van der Waals surface area contributed by atoms with Gasteiger partial charge in [-0.15, -0.1) is 0 Å². The summed E-state index contributed by atoms with van der Waals surface area (Å²) in [6.07, 6.45) is 13.9. The number of amides is 4. The molecule has 8 nitrogen and oxygen atoms in total. The van der Waals surface area contributed by atoms with E-state index < -0.39 is 23.6 Å². The second-order valence-corrected chi connectivity index (χ2v) is 16.7. The highest BCUT2D eigenvalue weighted by Gasteiger charge is 2.43. The molecule has 2 aliphatic heterocycles. The van der Waals surface area contributed by atoms with Crippen LogP contribution in [0.1, 0.15) is 121 Å². The Morgan fingerprint density at radius 3 is 1.09 bits per heavy atom. The lowest BCUT2D eigenvalue weighted by Crippen LogP contribution is -2.31. The molecule has 0 saturated carbocycles. The first-order chi connectivity index (χ1) is 32.0. The molecule has 6 aromatic rings. The minimum atomic E-state index is -0.564. The normalized spacial score (nSPS) is 14.4. The standard InChI is InChI=1S/C58H36N4O4/c1-33-27-45(37-11-5-6-12-37)28-34(2)53(33)61-55(63)49-41(23-25-43(31-59)51(49)57(61)65)21-19-39-17-18-40(48-16-10-9-15-47(39)48)20-22-42-24-26-44(32-60)52-50(42)56(64)62(58(52)66)54-35(3)29-46(30-36(54)4)38-13-7-8-14-38/h5-11,13,15-18,23-30H,12,14H2,1-4H3. The van der Waals surface area contributed by atoms with E-state index >= 15 is 0 Å². The second kappa shape index (κ2) is 15.9. The van der Waals surface area contributed by atoms with E-state index in [0.29, 0.717) is 33.6 Å². The summed E-state index contributed by atoms with van der Waals surface area (Å²) in [5.74, 6) is 10.6.